The van der Waals surface area contributed by atoms with Crippen molar-refractivity contribution in [3.8, 4) is 56.4 Å². The predicted octanol–water partition coefficient (Wildman–Crippen LogP) is 8.06. The van der Waals surface area contributed by atoms with Gasteiger partial charge in [-0.3, -0.25) is 9.59 Å². The van der Waals surface area contributed by atoms with E-state index in [4.69, 9.17) is 21.1 Å². The summed E-state index contributed by atoms with van der Waals surface area (Å²) in [6.45, 7) is 0. The lowest BCUT2D eigenvalue weighted by Crippen LogP contribution is -2.19. The average Bonchev–Trinajstić information content (AvgIpc) is 3.12. The lowest BCUT2D eigenvalue weighted by atomic mass is 9.90. The molecule has 0 aromatic heterocycles. The van der Waals surface area contributed by atoms with Crippen LogP contribution in [-0.2, 0) is 0 Å². The summed E-state index contributed by atoms with van der Waals surface area (Å²) in [7, 11) is 0. The Labute approximate surface area is 308 Å². The van der Waals surface area contributed by atoms with Gasteiger partial charge in [-0.05, 0) is 96.1 Å². The van der Waals surface area contributed by atoms with Gasteiger partial charge < -0.3 is 39.9 Å². The van der Waals surface area contributed by atoms with Crippen LogP contribution in [0.2, 0.25) is 0 Å². The molecule has 0 bridgehead atoms. The number of aromatic hydroxyl groups is 2. The molecule has 2 heterocycles. The van der Waals surface area contributed by atoms with Crippen LogP contribution in [0.5, 0.6) is 11.5 Å². The molecule has 0 amide bonds. The molecular weight excluding hydrogens is 713 g/mol. The number of benzene rings is 6. The molecular formula is C41H24N2O10S. The number of anilines is 2. The number of rotatable bonds is 6. The minimum absolute atomic E-state index is 0.0314. The van der Waals surface area contributed by atoms with Crippen LogP contribution in [-0.4, -0.2) is 37.5 Å². The van der Waals surface area contributed by atoms with Crippen molar-refractivity contribution in [3.05, 3.63) is 141 Å². The SMILES string of the molecule is O=C(O)c1cc(NC(=S)Nc2ccc(-c3c4ccc(=O)cc-4oc4cc(O)ccc34)c(C(=O)O)c2)ccc1-c1c2ccc(=O)cc-2oc2cc(O)ccc12. The van der Waals surface area contributed by atoms with Crippen LogP contribution < -0.4 is 21.5 Å². The van der Waals surface area contributed by atoms with Gasteiger partial charge in [0.05, 0.1) is 11.1 Å². The molecule has 2 aliphatic carbocycles. The lowest BCUT2D eigenvalue weighted by molar-refractivity contribution is 0.0687. The Morgan fingerprint density at radius 3 is 1.33 bits per heavy atom. The molecule has 0 fully saturated rings. The van der Waals surface area contributed by atoms with E-state index < -0.39 is 11.9 Å². The van der Waals surface area contributed by atoms with E-state index in [0.29, 0.717) is 55.5 Å². The molecule has 54 heavy (non-hydrogen) atoms. The van der Waals surface area contributed by atoms with Crippen molar-refractivity contribution in [1.82, 2.24) is 0 Å². The molecule has 6 N–H and O–H groups in total. The van der Waals surface area contributed by atoms with Crippen molar-refractivity contribution in [3.63, 3.8) is 0 Å². The summed E-state index contributed by atoms with van der Waals surface area (Å²) in [6, 6.07) is 26.5. The van der Waals surface area contributed by atoms with Crippen LogP contribution >= 0.6 is 12.2 Å². The molecule has 12 nitrogen and oxygen atoms in total. The minimum atomic E-state index is -1.24. The van der Waals surface area contributed by atoms with Gasteiger partial charge in [-0.25, -0.2) is 9.59 Å². The number of carbonyl (C=O) groups is 2. The molecule has 0 atom stereocenters. The Hall–Kier alpha value is -7.51. The first-order chi connectivity index (χ1) is 25.9. The first kappa shape index (κ1) is 33.6. The second-order valence-corrected chi connectivity index (χ2v) is 12.7. The summed E-state index contributed by atoms with van der Waals surface area (Å²) >= 11 is 5.54. The van der Waals surface area contributed by atoms with Crippen LogP contribution in [0.3, 0.4) is 0 Å². The molecule has 0 spiro atoms. The molecule has 0 unspecified atom stereocenters. The van der Waals surface area contributed by atoms with Crippen molar-refractivity contribution in [1.29, 1.82) is 0 Å². The van der Waals surface area contributed by atoms with E-state index in [9.17, 15) is 39.6 Å². The van der Waals surface area contributed by atoms with Crippen molar-refractivity contribution in [2.45, 2.75) is 0 Å². The summed E-state index contributed by atoms with van der Waals surface area (Å²) in [4.78, 5) is 49.7. The number of phenolic OH excluding ortho intramolecular Hbond substituents is 2. The van der Waals surface area contributed by atoms with E-state index >= 15 is 0 Å². The van der Waals surface area contributed by atoms with Gasteiger partial charge in [0.2, 0.25) is 0 Å². The van der Waals surface area contributed by atoms with Gasteiger partial charge in [0, 0.05) is 68.7 Å². The van der Waals surface area contributed by atoms with E-state index in [-0.39, 0.29) is 61.3 Å². The highest BCUT2D eigenvalue weighted by atomic mass is 32.1. The normalized spacial score (nSPS) is 11.3. The zero-order valence-electron chi connectivity index (χ0n) is 27.5. The van der Waals surface area contributed by atoms with Crippen molar-refractivity contribution in [2.75, 3.05) is 10.6 Å². The second-order valence-electron chi connectivity index (χ2n) is 12.3. The zero-order valence-corrected chi connectivity index (χ0v) is 28.4. The molecule has 2 aliphatic heterocycles. The highest BCUT2D eigenvalue weighted by molar-refractivity contribution is 7.80. The Balaban J connectivity index is 1.14. The van der Waals surface area contributed by atoms with Gasteiger partial charge in [-0.1, -0.05) is 12.1 Å². The van der Waals surface area contributed by atoms with Gasteiger partial charge >= 0.3 is 11.9 Å². The highest BCUT2D eigenvalue weighted by Gasteiger charge is 2.24. The molecule has 4 aliphatic rings. The average molecular weight is 737 g/mol. The summed E-state index contributed by atoms with van der Waals surface area (Å²) in [5.41, 5.74) is 2.89. The van der Waals surface area contributed by atoms with Crippen molar-refractivity contribution < 1.29 is 38.8 Å². The van der Waals surface area contributed by atoms with Crippen LogP contribution in [0.1, 0.15) is 20.7 Å². The van der Waals surface area contributed by atoms with E-state index in [0.717, 1.165) is 0 Å². The molecule has 8 rings (SSSR count). The number of fused-ring (bicyclic) bond motifs is 4. The Bertz CT molecular complexity index is 2750. The number of carboxylic acid groups (broad SMARTS) is 2. The van der Waals surface area contributed by atoms with Crippen LogP contribution in [0, 0.1) is 0 Å². The zero-order chi connectivity index (χ0) is 37.8. The third-order valence-corrected chi connectivity index (χ3v) is 9.11. The molecule has 264 valence electrons. The number of hydrogen-bond acceptors (Lipinski definition) is 9. The third-order valence-electron chi connectivity index (χ3n) is 8.91. The fourth-order valence-corrected chi connectivity index (χ4v) is 6.86. The van der Waals surface area contributed by atoms with Crippen LogP contribution in [0.25, 0.3) is 66.8 Å². The molecule has 13 heteroatoms. The summed E-state index contributed by atoms with van der Waals surface area (Å²) in [6.07, 6.45) is 0. The maximum atomic E-state index is 12.7. The van der Waals surface area contributed by atoms with Crippen molar-refractivity contribution in [2.24, 2.45) is 0 Å². The van der Waals surface area contributed by atoms with E-state index in [2.05, 4.69) is 10.6 Å². The van der Waals surface area contributed by atoms with Gasteiger partial charge in [-0.2, -0.15) is 0 Å². The largest absolute Gasteiger partial charge is 0.508 e. The van der Waals surface area contributed by atoms with Gasteiger partial charge in [0.15, 0.2) is 16.0 Å². The topological polar surface area (TPSA) is 200 Å². The smallest absolute Gasteiger partial charge is 0.336 e. The monoisotopic (exact) mass is 736 g/mol. The van der Waals surface area contributed by atoms with Gasteiger partial charge in [0.25, 0.3) is 0 Å². The van der Waals surface area contributed by atoms with Crippen LogP contribution in [0.15, 0.2) is 128 Å². The predicted molar refractivity (Wildman–Crippen MR) is 206 cm³/mol. The Morgan fingerprint density at radius 1 is 0.519 bits per heavy atom. The Morgan fingerprint density at radius 2 is 0.926 bits per heavy atom. The molecule has 0 saturated carbocycles. The van der Waals surface area contributed by atoms with E-state index in [1.165, 1.54) is 60.7 Å². The number of nitrogens with one attached hydrogen (secondary N) is 2. The van der Waals surface area contributed by atoms with Gasteiger partial charge in [0.1, 0.15) is 34.2 Å². The third kappa shape index (κ3) is 5.99. The lowest BCUT2D eigenvalue weighted by Gasteiger charge is -2.19. The summed E-state index contributed by atoms with van der Waals surface area (Å²) in [5.74, 6) is -2.21. The summed E-state index contributed by atoms with van der Waals surface area (Å²) in [5, 5.41) is 47.8. The molecule has 4 aromatic carbocycles. The number of thiocarbonyl (C=S) groups is 1. The van der Waals surface area contributed by atoms with Crippen molar-refractivity contribution >= 4 is 62.6 Å². The maximum absolute atomic E-state index is 12.7. The first-order valence-electron chi connectivity index (χ1n) is 16.2. The van der Waals surface area contributed by atoms with E-state index in [1.807, 2.05) is 0 Å². The standard InChI is InChI=1S/C41H24N2O10S/c44-21-3-9-27-33(15-21)52-34-16-22(45)4-10-28(34)37(27)25-7-1-19(13-31(25)39(48)49)42-41(54)43-20-2-8-26(32(14-20)40(50)51)38-29-11-5-23(46)17-35(29)53-36-18-24(47)6-12-30(36)38/h1-18,44,46H,(H,48,49)(H,50,51)(H2,42,43,54). The number of aromatic carboxylic acids is 2. The fourth-order valence-electron chi connectivity index (χ4n) is 6.63. The fraction of sp³-hybridized carbons (Fsp3) is 0. The first-order valence-corrected chi connectivity index (χ1v) is 16.6. The van der Waals surface area contributed by atoms with Gasteiger partial charge in [-0.15, -0.1) is 0 Å². The minimum Gasteiger partial charge on any atom is -0.508 e. The quantitative estimate of drug-likeness (QED) is 0.0708. The Kier molecular flexibility index (Phi) is 8.04. The maximum Gasteiger partial charge on any atom is 0.336 e. The number of phenols is 2. The molecule has 4 aromatic rings. The van der Waals surface area contributed by atoms with E-state index in [1.54, 1.807) is 48.5 Å². The van der Waals surface area contributed by atoms with Crippen LogP contribution in [0.4, 0.5) is 11.4 Å². The number of carboxylic acids is 2. The second kappa shape index (κ2) is 12.9. The number of hydrogen-bond donors (Lipinski definition) is 6. The molecule has 0 saturated heterocycles. The molecule has 0 radical (unpaired) electrons. The summed E-state index contributed by atoms with van der Waals surface area (Å²) < 4.78 is 11.8. The highest BCUT2D eigenvalue weighted by Crippen LogP contribution is 2.44.